The number of anilines is 1. The van der Waals surface area contributed by atoms with Crippen LogP contribution in [0.3, 0.4) is 0 Å². The maximum atomic E-state index is 13.1. The fraction of sp³-hybridized carbons (Fsp3) is 0.296. The first-order chi connectivity index (χ1) is 17.4. The second kappa shape index (κ2) is 9.83. The first-order valence-corrected chi connectivity index (χ1v) is 13.8. The van der Waals surface area contributed by atoms with E-state index >= 15 is 0 Å². The lowest BCUT2D eigenvalue weighted by Crippen LogP contribution is -2.29. The van der Waals surface area contributed by atoms with Crippen molar-refractivity contribution in [2.75, 3.05) is 16.8 Å². The van der Waals surface area contributed by atoms with E-state index < -0.39 is 9.84 Å². The van der Waals surface area contributed by atoms with E-state index in [-0.39, 0.29) is 23.0 Å². The number of benzene rings is 2. The molecule has 0 spiro atoms. The Hall–Kier alpha value is -3.56. The lowest BCUT2D eigenvalue weighted by atomic mass is 9.94. The highest BCUT2D eigenvalue weighted by atomic mass is 32.2. The highest BCUT2D eigenvalue weighted by Gasteiger charge is 2.27. The fourth-order valence-electron chi connectivity index (χ4n) is 4.94. The summed E-state index contributed by atoms with van der Waals surface area (Å²) in [7, 11) is -1.32. The van der Waals surface area contributed by atoms with Crippen molar-refractivity contribution in [1.82, 2.24) is 14.5 Å². The number of aryl methyl sites for hydroxylation is 1. The molecule has 8 nitrogen and oxygen atoms in total. The number of hydrogen-bond donors (Lipinski definition) is 2. The zero-order valence-electron chi connectivity index (χ0n) is 20.1. The van der Waals surface area contributed by atoms with Crippen LogP contribution in [0.1, 0.15) is 35.4 Å². The lowest BCUT2D eigenvalue weighted by molar-refractivity contribution is 0.546. The summed E-state index contributed by atoms with van der Waals surface area (Å²) in [4.78, 5) is 21.9. The summed E-state index contributed by atoms with van der Waals surface area (Å²) in [5, 5.41) is 4.16. The Balaban J connectivity index is 1.45. The van der Waals surface area contributed by atoms with Crippen LogP contribution in [-0.2, 0) is 30.0 Å². The van der Waals surface area contributed by atoms with Crippen LogP contribution in [0, 0.1) is 0 Å². The Labute approximate surface area is 210 Å². The van der Waals surface area contributed by atoms with E-state index in [0.717, 1.165) is 27.6 Å². The Morgan fingerprint density at radius 2 is 1.83 bits per heavy atom. The first kappa shape index (κ1) is 24.1. The van der Waals surface area contributed by atoms with Gasteiger partial charge in [0.25, 0.3) is 5.56 Å². The van der Waals surface area contributed by atoms with E-state index in [4.69, 9.17) is 5.73 Å². The Morgan fingerprint density at radius 3 is 2.61 bits per heavy atom. The highest BCUT2D eigenvalue weighted by molar-refractivity contribution is 7.91. The second-order valence-corrected chi connectivity index (χ2v) is 11.6. The van der Waals surface area contributed by atoms with Gasteiger partial charge in [0.2, 0.25) is 0 Å². The fourth-order valence-corrected chi connectivity index (χ4v) is 6.43. The van der Waals surface area contributed by atoms with Gasteiger partial charge in [-0.05, 0) is 53.1 Å². The van der Waals surface area contributed by atoms with Crippen LogP contribution in [0.15, 0.2) is 65.7 Å². The molecule has 0 radical (unpaired) electrons. The molecular formula is C27H29N5O3S. The van der Waals surface area contributed by atoms with E-state index in [2.05, 4.69) is 39.6 Å². The molecule has 5 rings (SSSR count). The van der Waals surface area contributed by atoms with E-state index in [0.29, 0.717) is 43.0 Å². The molecule has 1 fully saturated rings. The Bertz CT molecular complexity index is 1580. The number of hydrogen-bond acceptors (Lipinski definition) is 7. The monoisotopic (exact) mass is 503 g/mol. The summed E-state index contributed by atoms with van der Waals surface area (Å²) < 4.78 is 25.3. The summed E-state index contributed by atoms with van der Waals surface area (Å²) in [6.07, 6.45) is 2.36. The molecule has 0 aliphatic carbocycles. The molecule has 0 bridgehead atoms. The third kappa shape index (κ3) is 4.76. The van der Waals surface area contributed by atoms with E-state index in [1.165, 1.54) is 10.9 Å². The number of fused-ring (bicyclic) bond motifs is 1. The first-order valence-electron chi connectivity index (χ1n) is 12.0. The van der Waals surface area contributed by atoms with E-state index in [1.54, 1.807) is 7.05 Å². The van der Waals surface area contributed by atoms with Gasteiger partial charge in [-0.25, -0.2) is 18.4 Å². The van der Waals surface area contributed by atoms with Gasteiger partial charge < -0.3 is 11.1 Å². The van der Waals surface area contributed by atoms with Crippen molar-refractivity contribution in [3.63, 3.8) is 0 Å². The summed E-state index contributed by atoms with van der Waals surface area (Å²) in [5.41, 5.74) is 11.3. The van der Waals surface area contributed by atoms with Crippen LogP contribution >= 0.6 is 0 Å². The standard InChI is InChI=1S/C27H29N5O3S/c1-32-26-24(14-23(27(32)33)19-9-11-36(34,35)12-10-19)25(30-17-31-26)29-16-18-5-4-7-20(13-18)22-8-3-2-6-21(22)15-28/h2-8,13-14,17,19H,9-12,15-16,28H2,1H3,(H,29,30,31). The Morgan fingerprint density at radius 1 is 1.06 bits per heavy atom. The van der Waals surface area contributed by atoms with Crippen LogP contribution in [-0.4, -0.2) is 34.5 Å². The summed E-state index contributed by atoms with van der Waals surface area (Å²) in [6.45, 7) is 1.00. The lowest BCUT2D eigenvalue weighted by Gasteiger charge is -2.22. The smallest absolute Gasteiger partial charge is 0.255 e. The average molecular weight is 504 g/mol. The van der Waals surface area contributed by atoms with E-state index in [1.807, 2.05) is 30.3 Å². The van der Waals surface area contributed by atoms with E-state index in [9.17, 15) is 13.2 Å². The molecule has 3 N–H and O–H groups in total. The summed E-state index contributed by atoms with van der Waals surface area (Å²) in [6, 6.07) is 18.2. The molecule has 0 unspecified atom stereocenters. The van der Waals surface area contributed by atoms with Crippen LogP contribution < -0.4 is 16.6 Å². The predicted octanol–water partition coefficient (Wildman–Crippen LogP) is 3.36. The number of nitrogens with one attached hydrogen (secondary N) is 1. The quantitative estimate of drug-likeness (QED) is 0.414. The zero-order chi connectivity index (χ0) is 25.3. The van der Waals surface area contributed by atoms with Crippen LogP contribution in [0.25, 0.3) is 22.2 Å². The van der Waals surface area contributed by atoms with Crippen molar-refractivity contribution in [2.24, 2.45) is 12.8 Å². The largest absolute Gasteiger partial charge is 0.365 e. The molecule has 2 aromatic heterocycles. The topological polar surface area (TPSA) is 120 Å². The second-order valence-electron chi connectivity index (χ2n) is 9.26. The van der Waals surface area contributed by atoms with Crippen molar-refractivity contribution in [3.05, 3.63) is 88.0 Å². The molecule has 4 aromatic rings. The number of nitrogens with two attached hydrogens (primary N) is 1. The average Bonchev–Trinajstić information content (AvgIpc) is 2.90. The highest BCUT2D eigenvalue weighted by Crippen LogP contribution is 2.30. The predicted molar refractivity (Wildman–Crippen MR) is 143 cm³/mol. The van der Waals surface area contributed by atoms with Gasteiger partial charge in [0.1, 0.15) is 27.6 Å². The number of nitrogens with zero attached hydrogens (tertiary/aromatic N) is 3. The molecular weight excluding hydrogens is 474 g/mol. The van der Waals surface area contributed by atoms with Gasteiger partial charge >= 0.3 is 0 Å². The van der Waals surface area contributed by atoms with Gasteiger partial charge in [-0.2, -0.15) is 0 Å². The third-order valence-corrected chi connectivity index (χ3v) is 8.68. The number of pyridine rings is 1. The van der Waals surface area contributed by atoms with Gasteiger partial charge in [0.05, 0.1) is 16.9 Å². The summed E-state index contributed by atoms with van der Waals surface area (Å²) in [5.74, 6) is 0.759. The van der Waals surface area contributed by atoms with Gasteiger partial charge in [0.15, 0.2) is 0 Å². The minimum absolute atomic E-state index is 0.0935. The van der Waals surface area contributed by atoms with Crippen LogP contribution in [0.4, 0.5) is 5.82 Å². The third-order valence-electron chi connectivity index (χ3n) is 6.96. The minimum Gasteiger partial charge on any atom is -0.365 e. The van der Waals surface area contributed by atoms with Crippen molar-refractivity contribution in [3.8, 4) is 11.1 Å². The molecule has 1 aliphatic rings. The molecule has 9 heteroatoms. The maximum absolute atomic E-state index is 13.1. The van der Waals surface area contributed by atoms with Gasteiger partial charge in [0, 0.05) is 25.7 Å². The molecule has 0 amide bonds. The molecule has 1 aliphatic heterocycles. The summed E-state index contributed by atoms with van der Waals surface area (Å²) >= 11 is 0. The van der Waals surface area contributed by atoms with Crippen LogP contribution in [0.5, 0.6) is 0 Å². The number of rotatable bonds is 6. The normalized spacial score (nSPS) is 15.7. The van der Waals surface area contributed by atoms with Crippen molar-refractivity contribution in [1.29, 1.82) is 0 Å². The van der Waals surface area contributed by atoms with Gasteiger partial charge in [-0.3, -0.25) is 9.36 Å². The molecule has 186 valence electrons. The van der Waals surface area contributed by atoms with Crippen molar-refractivity contribution >= 4 is 26.7 Å². The van der Waals surface area contributed by atoms with Crippen LogP contribution in [0.2, 0.25) is 0 Å². The number of sulfone groups is 1. The molecule has 1 saturated heterocycles. The maximum Gasteiger partial charge on any atom is 0.255 e. The molecule has 3 heterocycles. The van der Waals surface area contributed by atoms with Crippen molar-refractivity contribution in [2.45, 2.75) is 31.8 Å². The molecule has 0 saturated carbocycles. The molecule has 36 heavy (non-hydrogen) atoms. The van der Waals surface area contributed by atoms with Crippen molar-refractivity contribution < 1.29 is 8.42 Å². The zero-order valence-corrected chi connectivity index (χ0v) is 21.0. The minimum atomic E-state index is -3.02. The molecule has 0 atom stereocenters. The number of aromatic nitrogens is 3. The Kier molecular flexibility index (Phi) is 6.59. The van der Waals surface area contributed by atoms with Gasteiger partial charge in [-0.1, -0.05) is 42.5 Å². The molecule has 2 aromatic carbocycles. The van der Waals surface area contributed by atoms with Gasteiger partial charge in [-0.15, -0.1) is 0 Å². The SMILES string of the molecule is Cn1c(=O)c(C2CCS(=O)(=O)CC2)cc2c(NCc3cccc(-c4ccccc4CN)c3)ncnc21.